The van der Waals surface area contributed by atoms with Gasteiger partial charge in [-0.15, -0.1) is 0 Å². The number of hydrogen-bond donors (Lipinski definition) is 2. The number of carboxylic acid groups (broad SMARTS) is 1. The molecule has 5 heteroatoms. The van der Waals surface area contributed by atoms with Gasteiger partial charge in [0.25, 0.3) is 0 Å². The summed E-state index contributed by atoms with van der Waals surface area (Å²) in [6.45, 7) is 15.6. The van der Waals surface area contributed by atoms with Gasteiger partial charge in [0.05, 0.1) is 12.0 Å². The van der Waals surface area contributed by atoms with E-state index < -0.39 is 11.9 Å². The normalized spacial score (nSPS) is 14.7. The summed E-state index contributed by atoms with van der Waals surface area (Å²) in [7, 11) is 0. The van der Waals surface area contributed by atoms with Gasteiger partial charge >= 0.3 is 5.97 Å². The Morgan fingerprint density at radius 1 is 1.08 bits per heavy atom. The van der Waals surface area contributed by atoms with Crippen molar-refractivity contribution >= 4 is 11.9 Å². The van der Waals surface area contributed by atoms with E-state index in [9.17, 15) is 14.7 Å². The lowest BCUT2D eigenvalue weighted by Crippen LogP contribution is -2.35. The molecule has 0 aliphatic carbocycles. The smallest absolute Gasteiger partial charge is 0.306 e. The van der Waals surface area contributed by atoms with Crippen molar-refractivity contribution in [2.24, 2.45) is 16.7 Å². The number of nitrogens with one attached hydrogen (secondary N) is 1. The van der Waals surface area contributed by atoms with Gasteiger partial charge in [-0.2, -0.15) is 0 Å². The summed E-state index contributed by atoms with van der Waals surface area (Å²) in [5.74, 6) is -1.07. The summed E-state index contributed by atoms with van der Waals surface area (Å²) in [5.41, 5.74) is -0.162. The molecule has 5 nitrogen and oxygen atoms in total. The van der Waals surface area contributed by atoms with Crippen molar-refractivity contribution < 1.29 is 19.4 Å². The second kappa shape index (κ2) is 11.6. The van der Waals surface area contributed by atoms with Crippen LogP contribution in [0.4, 0.5) is 0 Å². The summed E-state index contributed by atoms with van der Waals surface area (Å²) >= 11 is 0. The Hall–Kier alpha value is -1.10. The van der Waals surface area contributed by atoms with Crippen LogP contribution in [0.1, 0.15) is 87.0 Å². The molecule has 2 N–H and O–H groups in total. The molecule has 0 bridgehead atoms. The first-order valence-electron chi connectivity index (χ1n) is 9.98. The molecule has 0 saturated carbocycles. The van der Waals surface area contributed by atoms with Crippen molar-refractivity contribution in [3.63, 3.8) is 0 Å². The zero-order valence-electron chi connectivity index (χ0n) is 18.0. The number of amides is 1. The third kappa shape index (κ3) is 12.3. The molecule has 0 radical (unpaired) electrons. The molecule has 0 aliphatic rings. The highest BCUT2D eigenvalue weighted by Crippen LogP contribution is 2.33. The maximum absolute atomic E-state index is 11.7. The minimum Gasteiger partial charge on any atom is -0.481 e. The van der Waals surface area contributed by atoms with Gasteiger partial charge in [-0.1, -0.05) is 54.9 Å². The van der Waals surface area contributed by atoms with Gasteiger partial charge in [-0.05, 0) is 36.5 Å². The molecule has 0 spiro atoms. The maximum atomic E-state index is 11.7. The number of ether oxygens (including phenoxy) is 1. The van der Waals surface area contributed by atoms with Crippen LogP contribution < -0.4 is 5.32 Å². The second-order valence-corrected chi connectivity index (χ2v) is 9.57. The minimum atomic E-state index is -0.749. The Kier molecular flexibility index (Phi) is 11.1. The van der Waals surface area contributed by atoms with E-state index in [1.807, 2.05) is 0 Å². The molecule has 2 unspecified atom stereocenters. The monoisotopic (exact) mass is 371 g/mol. The fourth-order valence-electron chi connectivity index (χ4n) is 2.89. The first-order chi connectivity index (χ1) is 11.9. The molecule has 26 heavy (non-hydrogen) atoms. The van der Waals surface area contributed by atoms with Crippen LogP contribution in [-0.2, 0) is 14.3 Å². The van der Waals surface area contributed by atoms with Crippen molar-refractivity contribution in [1.82, 2.24) is 5.32 Å². The van der Waals surface area contributed by atoms with Crippen LogP contribution in [0.25, 0.3) is 0 Å². The highest BCUT2D eigenvalue weighted by atomic mass is 16.5. The van der Waals surface area contributed by atoms with Crippen molar-refractivity contribution in [2.75, 3.05) is 13.2 Å². The fraction of sp³-hybridized carbons (Fsp3) is 0.905. The average Bonchev–Trinajstić information content (AvgIpc) is 2.47. The predicted octanol–water partition coefficient (Wildman–Crippen LogP) is 4.64. The number of carbonyl (C=O) groups excluding carboxylic acids is 1. The molecule has 0 saturated heterocycles. The van der Waals surface area contributed by atoms with E-state index in [0.29, 0.717) is 32.4 Å². The van der Waals surface area contributed by atoms with Crippen LogP contribution in [0.15, 0.2) is 0 Å². The van der Waals surface area contributed by atoms with Crippen molar-refractivity contribution in [2.45, 2.75) is 93.1 Å². The van der Waals surface area contributed by atoms with Gasteiger partial charge < -0.3 is 15.2 Å². The van der Waals surface area contributed by atoms with Gasteiger partial charge in [0, 0.05) is 19.6 Å². The minimum absolute atomic E-state index is 0.0335. The fourth-order valence-corrected chi connectivity index (χ4v) is 2.89. The predicted molar refractivity (Wildman–Crippen MR) is 106 cm³/mol. The quantitative estimate of drug-likeness (QED) is 0.490. The third-order valence-electron chi connectivity index (χ3n) is 4.39. The van der Waals surface area contributed by atoms with E-state index in [4.69, 9.17) is 4.74 Å². The zero-order valence-corrected chi connectivity index (χ0v) is 18.0. The number of carbonyl (C=O) groups is 2. The largest absolute Gasteiger partial charge is 0.481 e. The van der Waals surface area contributed by atoms with Crippen molar-refractivity contribution in [3.05, 3.63) is 0 Å². The highest BCUT2D eigenvalue weighted by molar-refractivity contribution is 5.75. The zero-order chi connectivity index (χ0) is 20.4. The van der Waals surface area contributed by atoms with E-state index in [2.05, 4.69) is 53.8 Å². The number of carboxylic acids is 1. The Bertz CT molecular complexity index is 421. The summed E-state index contributed by atoms with van der Waals surface area (Å²) in [5, 5.41) is 12.5. The van der Waals surface area contributed by atoms with E-state index in [-0.39, 0.29) is 22.8 Å². The van der Waals surface area contributed by atoms with Crippen LogP contribution in [0.5, 0.6) is 0 Å². The molecule has 1 amide bonds. The molecular weight excluding hydrogens is 330 g/mol. The lowest BCUT2D eigenvalue weighted by molar-refractivity contribution is -0.145. The molecule has 0 aromatic heterocycles. The highest BCUT2D eigenvalue weighted by Gasteiger charge is 2.33. The van der Waals surface area contributed by atoms with E-state index in [1.165, 1.54) is 0 Å². The number of unbranched alkanes of at least 4 members (excludes halogenated alkanes) is 1. The molecule has 0 heterocycles. The Balaban J connectivity index is 4.49. The first kappa shape index (κ1) is 24.9. The van der Waals surface area contributed by atoms with Crippen molar-refractivity contribution in [3.8, 4) is 0 Å². The topological polar surface area (TPSA) is 75.6 Å². The molecule has 0 aromatic carbocycles. The molecular formula is C21H41NO4. The van der Waals surface area contributed by atoms with Gasteiger partial charge in [0.1, 0.15) is 0 Å². The summed E-state index contributed by atoms with van der Waals surface area (Å²) in [6, 6.07) is 0. The second-order valence-electron chi connectivity index (χ2n) is 9.57. The first-order valence-corrected chi connectivity index (χ1v) is 9.98. The Labute approximate surface area is 160 Å². The molecule has 154 valence electrons. The van der Waals surface area contributed by atoms with E-state index in [1.54, 1.807) is 0 Å². The molecule has 0 aromatic rings. The Morgan fingerprint density at radius 2 is 1.69 bits per heavy atom. The lowest BCUT2D eigenvalue weighted by Gasteiger charge is -2.34. The van der Waals surface area contributed by atoms with Gasteiger partial charge in [0.2, 0.25) is 5.91 Å². The summed E-state index contributed by atoms with van der Waals surface area (Å²) < 4.78 is 6.05. The number of rotatable bonds is 12. The lowest BCUT2D eigenvalue weighted by atomic mass is 9.77. The Morgan fingerprint density at radius 3 is 2.15 bits per heavy atom. The van der Waals surface area contributed by atoms with Gasteiger partial charge in [0.15, 0.2) is 0 Å². The molecule has 0 rings (SSSR count). The SMILES string of the molecule is CCCCC(=O)NCCCOC(CC(CC(C)(C)C)C(=O)O)C(C)(C)C. The van der Waals surface area contributed by atoms with Crippen LogP contribution in [0, 0.1) is 16.7 Å². The van der Waals surface area contributed by atoms with Gasteiger partial charge in [-0.3, -0.25) is 9.59 Å². The van der Waals surface area contributed by atoms with E-state index in [0.717, 1.165) is 19.3 Å². The molecule has 0 aliphatic heterocycles. The van der Waals surface area contributed by atoms with Crippen LogP contribution in [0.3, 0.4) is 0 Å². The molecule has 0 fully saturated rings. The number of aliphatic carboxylic acids is 1. The van der Waals surface area contributed by atoms with Crippen molar-refractivity contribution in [1.29, 1.82) is 0 Å². The summed E-state index contributed by atoms with van der Waals surface area (Å²) in [6.07, 6.45) is 4.27. The third-order valence-corrected chi connectivity index (χ3v) is 4.39. The standard InChI is InChI=1S/C21H41NO4/c1-8-9-11-18(23)22-12-10-13-26-17(21(5,6)7)14-16(19(24)25)15-20(2,3)4/h16-17H,8-15H2,1-7H3,(H,22,23)(H,24,25). The number of hydrogen-bond acceptors (Lipinski definition) is 3. The van der Waals surface area contributed by atoms with Crippen LogP contribution in [0.2, 0.25) is 0 Å². The average molecular weight is 372 g/mol. The van der Waals surface area contributed by atoms with Crippen LogP contribution >= 0.6 is 0 Å². The molecule has 2 atom stereocenters. The maximum Gasteiger partial charge on any atom is 0.306 e. The summed E-state index contributed by atoms with van der Waals surface area (Å²) in [4.78, 5) is 23.3. The van der Waals surface area contributed by atoms with E-state index >= 15 is 0 Å². The van der Waals surface area contributed by atoms with Crippen LogP contribution in [-0.4, -0.2) is 36.2 Å². The van der Waals surface area contributed by atoms with Gasteiger partial charge in [-0.25, -0.2) is 0 Å².